The van der Waals surface area contributed by atoms with Gasteiger partial charge in [0.05, 0.1) is 12.8 Å². The van der Waals surface area contributed by atoms with E-state index in [0.29, 0.717) is 0 Å². The van der Waals surface area contributed by atoms with Crippen molar-refractivity contribution >= 4 is 0 Å². The van der Waals surface area contributed by atoms with Gasteiger partial charge >= 0.3 is 0 Å². The lowest BCUT2D eigenvalue weighted by Crippen LogP contribution is -2.15. The highest BCUT2D eigenvalue weighted by atomic mass is 16.5. The first-order chi connectivity index (χ1) is 9.20. The topological polar surface area (TPSA) is 34.2 Å². The van der Waals surface area contributed by atoms with Crippen LogP contribution in [0.25, 0.3) is 0 Å². The maximum Gasteiger partial charge on any atom is 0.128 e. The van der Waals surface area contributed by atoms with E-state index < -0.39 is 0 Å². The summed E-state index contributed by atoms with van der Waals surface area (Å²) >= 11 is 0. The molecule has 1 heterocycles. The Morgan fingerprint density at radius 1 is 1.26 bits per heavy atom. The van der Waals surface area contributed by atoms with Gasteiger partial charge in [0.2, 0.25) is 0 Å². The monoisotopic (exact) mass is 262 g/mol. The van der Waals surface area contributed by atoms with E-state index in [1.54, 1.807) is 7.11 Å². The fourth-order valence-electron chi connectivity index (χ4n) is 2.08. The van der Waals surface area contributed by atoms with Crippen molar-refractivity contribution in [2.24, 2.45) is 0 Å². The highest BCUT2D eigenvalue weighted by molar-refractivity contribution is 5.41. The Kier molecular flexibility index (Phi) is 7.19. The molecule has 0 aliphatic heterocycles. The molecule has 1 aromatic rings. The first kappa shape index (κ1) is 15.7. The van der Waals surface area contributed by atoms with E-state index in [9.17, 15) is 0 Å². The quantitative estimate of drug-likeness (QED) is 0.577. The number of hydrogen-bond acceptors (Lipinski definition) is 3. The highest BCUT2D eigenvalue weighted by Gasteiger charge is 2.07. The minimum absolute atomic E-state index is 0.871. The molecule has 106 valence electrons. The molecule has 0 atom stereocenters. The lowest BCUT2D eigenvalue weighted by atomic mass is 10.1. The van der Waals surface area contributed by atoms with E-state index in [4.69, 9.17) is 4.74 Å². The smallest absolute Gasteiger partial charge is 0.128 e. The van der Waals surface area contributed by atoms with E-state index in [-0.39, 0.29) is 0 Å². The number of aryl methyl sites for hydroxylation is 1. The van der Waals surface area contributed by atoms with Crippen molar-refractivity contribution in [3.8, 4) is 5.75 Å². The third kappa shape index (κ3) is 5.03. The molecular formula is C16H26N2O. The molecule has 1 rings (SSSR count). The summed E-state index contributed by atoms with van der Waals surface area (Å²) in [7, 11) is 1.72. The Morgan fingerprint density at radius 3 is 2.74 bits per heavy atom. The summed E-state index contributed by atoms with van der Waals surface area (Å²) in [6, 6.07) is 0. The Balaban J connectivity index is 2.47. The Bertz CT molecular complexity index is 413. The van der Waals surface area contributed by atoms with Gasteiger partial charge in [-0.15, -0.1) is 0 Å². The van der Waals surface area contributed by atoms with Crippen LogP contribution in [-0.4, -0.2) is 25.2 Å². The second-order valence-electron chi connectivity index (χ2n) is 4.76. The molecule has 3 nitrogen and oxygen atoms in total. The summed E-state index contributed by atoms with van der Waals surface area (Å²) in [5.74, 6) is 0.961. The van der Waals surface area contributed by atoms with Gasteiger partial charge in [-0.2, -0.15) is 0 Å². The Labute approximate surface area is 117 Å². The van der Waals surface area contributed by atoms with Gasteiger partial charge in [0, 0.05) is 23.7 Å². The summed E-state index contributed by atoms with van der Waals surface area (Å²) in [4.78, 5) is 4.49. The zero-order valence-electron chi connectivity index (χ0n) is 12.6. The maximum atomic E-state index is 5.41. The van der Waals surface area contributed by atoms with Crippen LogP contribution in [0.4, 0.5) is 0 Å². The zero-order valence-corrected chi connectivity index (χ0v) is 12.6. The number of ether oxygens (including phenoxy) is 1. The summed E-state index contributed by atoms with van der Waals surface area (Å²) in [5, 5.41) is 3.38. The van der Waals surface area contributed by atoms with Crippen LogP contribution in [0, 0.1) is 13.8 Å². The molecule has 1 N–H and O–H groups in total. The summed E-state index contributed by atoms with van der Waals surface area (Å²) in [6.45, 7) is 8.43. The molecule has 19 heavy (non-hydrogen) atoms. The first-order valence-electron chi connectivity index (χ1n) is 7.05. The summed E-state index contributed by atoms with van der Waals surface area (Å²) in [6.07, 6.45) is 9.43. The molecule has 0 amide bonds. The maximum absolute atomic E-state index is 5.41. The second kappa shape index (κ2) is 8.70. The Hall–Kier alpha value is -1.35. The lowest BCUT2D eigenvalue weighted by Gasteiger charge is -2.10. The molecule has 0 bridgehead atoms. The van der Waals surface area contributed by atoms with Crippen LogP contribution in [0.3, 0.4) is 0 Å². The molecule has 0 aliphatic rings. The minimum Gasteiger partial charge on any atom is -0.496 e. The minimum atomic E-state index is 0.871. The predicted molar refractivity (Wildman–Crippen MR) is 80.9 cm³/mol. The van der Waals surface area contributed by atoms with E-state index in [1.165, 1.54) is 6.42 Å². The zero-order chi connectivity index (χ0) is 14.1. The van der Waals surface area contributed by atoms with Crippen LogP contribution in [-0.2, 0) is 6.42 Å². The third-order valence-electron chi connectivity index (χ3n) is 3.14. The highest BCUT2D eigenvalue weighted by Crippen LogP contribution is 2.24. The fraction of sp³-hybridized carbons (Fsp3) is 0.562. The van der Waals surface area contributed by atoms with Gasteiger partial charge in [0.25, 0.3) is 0 Å². The normalized spacial score (nSPS) is 11.2. The van der Waals surface area contributed by atoms with E-state index in [1.807, 2.05) is 13.1 Å². The van der Waals surface area contributed by atoms with Gasteiger partial charge in [0.1, 0.15) is 5.75 Å². The number of nitrogens with zero attached hydrogens (tertiary/aromatic N) is 1. The molecule has 0 fully saturated rings. The van der Waals surface area contributed by atoms with Crippen LogP contribution in [0.2, 0.25) is 0 Å². The molecule has 0 saturated heterocycles. The fourth-order valence-corrected chi connectivity index (χ4v) is 2.08. The van der Waals surface area contributed by atoms with Gasteiger partial charge in [-0.05, 0) is 39.8 Å². The number of nitrogens with one attached hydrogen (secondary N) is 1. The summed E-state index contributed by atoms with van der Waals surface area (Å²) < 4.78 is 5.41. The average molecular weight is 262 g/mol. The SMILES string of the molecule is CCCNCCC=CCc1ncc(C)c(OC)c1C. The second-order valence-corrected chi connectivity index (χ2v) is 4.76. The molecule has 1 aromatic heterocycles. The number of methoxy groups -OCH3 is 1. The van der Waals surface area contributed by atoms with Gasteiger partial charge in [0.15, 0.2) is 0 Å². The van der Waals surface area contributed by atoms with Crippen LogP contribution >= 0.6 is 0 Å². The molecule has 0 aromatic carbocycles. The molecule has 0 saturated carbocycles. The van der Waals surface area contributed by atoms with Crippen molar-refractivity contribution < 1.29 is 4.74 Å². The van der Waals surface area contributed by atoms with Gasteiger partial charge < -0.3 is 10.1 Å². The molecular weight excluding hydrogens is 236 g/mol. The van der Waals surface area contributed by atoms with Crippen molar-refractivity contribution in [3.63, 3.8) is 0 Å². The predicted octanol–water partition coefficient (Wildman–Crippen LogP) is 3.20. The van der Waals surface area contributed by atoms with Crippen molar-refractivity contribution in [1.82, 2.24) is 10.3 Å². The molecule has 0 spiro atoms. The molecule has 3 heteroatoms. The van der Waals surface area contributed by atoms with E-state index in [2.05, 4.69) is 36.3 Å². The number of hydrogen-bond donors (Lipinski definition) is 1. The Morgan fingerprint density at radius 2 is 2.05 bits per heavy atom. The van der Waals surface area contributed by atoms with Gasteiger partial charge in [-0.3, -0.25) is 4.98 Å². The van der Waals surface area contributed by atoms with Gasteiger partial charge in [-0.1, -0.05) is 19.1 Å². The number of allylic oxidation sites excluding steroid dienone is 1. The van der Waals surface area contributed by atoms with Crippen molar-refractivity contribution in [2.75, 3.05) is 20.2 Å². The van der Waals surface area contributed by atoms with Crippen LogP contribution in [0.15, 0.2) is 18.3 Å². The van der Waals surface area contributed by atoms with Crippen LogP contribution in [0.5, 0.6) is 5.75 Å². The number of pyridine rings is 1. The standard InChI is InChI=1S/C16H26N2O/c1-5-10-17-11-8-6-7-9-15-14(3)16(19-4)13(2)12-18-15/h6-7,12,17H,5,8-11H2,1-4H3. The first-order valence-corrected chi connectivity index (χ1v) is 7.05. The molecule has 0 radical (unpaired) electrons. The van der Waals surface area contributed by atoms with E-state index in [0.717, 1.165) is 48.5 Å². The average Bonchev–Trinajstić information content (AvgIpc) is 2.40. The van der Waals surface area contributed by atoms with Crippen LogP contribution < -0.4 is 10.1 Å². The van der Waals surface area contributed by atoms with Crippen molar-refractivity contribution in [2.45, 2.75) is 40.0 Å². The largest absolute Gasteiger partial charge is 0.496 e. The van der Waals surface area contributed by atoms with E-state index >= 15 is 0 Å². The summed E-state index contributed by atoms with van der Waals surface area (Å²) in [5.41, 5.74) is 3.34. The van der Waals surface area contributed by atoms with Gasteiger partial charge in [-0.25, -0.2) is 0 Å². The van der Waals surface area contributed by atoms with Crippen molar-refractivity contribution in [3.05, 3.63) is 35.2 Å². The molecule has 0 aliphatic carbocycles. The number of aromatic nitrogens is 1. The molecule has 0 unspecified atom stereocenters. The van der Waals surface area contributed by atoms with Crippen molar-refractivity contribution in [1.29, 1.82) is 0 Å². The number of rotatable bonds is 8. The van der Waals surface area contributed by atoms with Crippen LogP contribution in [0.1, 0.15) is 36.6 Å². The lowest BCUT2D eigenvalue weighted by molar-refractivity contribution is 0.407. The third-order valence-corrected chi connectivity index (χ3v) is 3.14.